The maximum absolute atomic E-state index is 12.2. The van der Waals surface area contributed by atoms with Gasteiger partial charge in [0.2, 0.25) is 0 Å². The van der Waals surface area contributed by atoms with Crippen LogP contribution in [0, 0.1) is 10.1 Å². The third-order valence-corrected chi connectivity index (χ3v) is 3.01. The van der Waals surface area contributed by atoms with Gasteiger partial charge in [0, 0.05) is 12.1 Å². The number of hydrogen-bond acceptors (Lipinski definition) is 4. The summed E-state index contributed by atoms with van der Waals surface area (Å²) < 4.78 is 1.46. The van der Waals surface area contributed by atoms with Crippen LogP contribution in [-0.4, -0.2) is 32.5 Å². The number of carboxylic acid groups (broad SMARTS) is 1. The average Bonchev–Trinajstić information content (AvgIpc) is 2.83. The first kappa shape index (κ1) is 16.7. The highest BCUT2D eigenvalue weighted by Gasteiger charge is 2.25. The van der Waals surface area contributed by atoms with Gasteiger partial charge in [-0.1, -0.05) is 13.3 Å². The van der Waals surface area contributed by atoms with E-state index in [9.17, 15) is 19.7 Å². The summed E-state index contributed by atoms with van der Waals surface area (Å²) in [5.74, 6) is -1.75. The highest BCUT2D eigenvalue weighted by Crippen LogP contribution is 2.20. The molecule has 2 N–H and O–H groups in total. The molecule has 0 fully saturated rings. The molecule has 1 amide bonds. The van der Waals surface area contributed by atoms with Crippen molar-refractivity contribution in [1.29, 1.82) is 0 Å². The van der Waals surface area contributed by atoms with E-state index in [-0.39, 0.29) is 17.4 Å². The van der Waals surface area contributed by atoms with Gasteiger partial charge < -0.3 is 15.0 Å². The number of nitrogens with one attached hydrogen (secondary N) is 1. The van der Waals surface area contributed by atoms with Crippen LogP contribution in [-0.2, 0) is 4.79 Å². The number of nitro groups is 1. The minimum atomic E-state index is -1.12. The fourth-order valence-electron chi connectivity index (χ4n) is 1.95. The van der Waals surface area contributed by atoms with E-state index in [1.807, 2.05) is 6.92 Å². The molecule has 1 rings (SSSR count). The summed E-state index contributed by atoms with van der Waals surface area (Å²) in [6.07, 6.45) is 2.17. The highest BCUT2D eigenvalue weighted by molar-refractivity contribution is 5.96. The summed E-state index contributed by atoms with van der Waals surface area (Å²) in [5.41, 5.74) is -0.115. The molecule has 0 aliphatic heterocycles. The zero-order valence-corrected chi connectivity index (χ0v) is 12.2. The molecule has 0 radical (unpaired) electrons. The second-order valence-corrected chi connectivity index (χ2v) is 4.99. The van der Waals surface area contributed by atoms with Crippen LogP contribution in [0.5, 0.6) is 0 Å². The molecular weight excluding hydrogens is 278 g/mol. The molecular formula is C13H19N3O5. The number of nitrogens with zero attached hydrogens (tertiary/aromatic N) is 2. The number of carbonyl (C=O) groups excluding carboxylic acids is 1. The number of aromatic nitrogens is 1. The van der Waals surface area contributed by atoms with E-state index in [0.717, 1.165) is 6.07 Å². The summed E-state index contributed by atoms with van der Waals surface area (Å²) in [5, 5.41) is 22.3. The van der Waals surface area contributed by atoms with E-state index >= 15 is 0 Å². The molecule has 116 valence electrons. The van der Waals surface area contributed by atoms with Crippen LogP contribution in [0.15, 0.2) is 12.3 Å². The zero-order valence-electron chi connectivity index (χ0n) is 12.2. The SMILES string of the molecule is CCCC(NC(=O)c1cc([N+](=O)[O-])cn1C(C)C)C(=O)O. The van der Waals surface area contributed by atoms with E-state index in [1.54, 1.807) is 13.8 Å². The van der Waals surface area contributed by atoms with Crippen molar-refractivity contribution in [3.63, 3.8) is 0 Å². The molecule has 1 heterocycles. The summed E-state index contributed by atoms with van der Waals surface area (Å²) in [6, 6.07) is -0.00817. The van der Waals surface area contributed by atoms with Crippen molar-refractivity contribution in [1.82, 2.24) is 9.88 Å². The molecule has 0 aliphatic rings. The van der Waals surface area contributed by atoms with Gasteiger partial charge in [-0.2, -0.15) is 0 Å². The molecule has 1 aromatic heterocycles. The monoisotopic (exact) mass is 297 g/mol. The van der Waals surface area contributed by atoms with Crippen LogP contribution in [0.3, 0.4) is 0 Å². The van der Waals surface area contributed by atoms with Gasteiger partial charge in [0.15, 0.2) is 0 Å². The van der Waals surface area contributed by atoms with Gasteiger partial charge >= 0.3 is 5.97 Å². The summed E-state index contributed by atoms with van der Waals surface area (Å²) in [7, 11) is 0. The Morgan fingerprint density at radius 2 is 2.10 bits per heavy atom. The lowest BCUT2D eigenvalue weighted by molar-refractivity contribution is -0.384. The van der Waals surface area contributed by atoms with Crippen LogP contribution in [0.2, 0.25) is 0 Å². The van der Waals surface area contributed by atoms with Crippen molar-refractivity contribution in [3.8, 4) is 0 Å². The number of amides is 1. The maximum Gasteiger partial charge on any atom is 0.326 e. The van der Waals surface area contributed by atoms with Crippen LogP contribution >= 0.6 is 0 Å². The summed E-state index contributed by atoms with van der Waals surface area (Å²) >= 11 is 0. The second kappa shape index (κ2) is 6.87. The minimum absolute atomic E-state index is 0.0825. The number of rotatable bonds is 7. The van der Waals surface area contributed by atoms with Gasteiger partial charge in [-0.3, -0.25) is 14.9 Å². The van der Waals surface area contributed by atoms with E-state index in [4.69, 9.17) is 5.11 Å². The molecule has 1 aromatic rings. The lowest BCUT2D eigenvalue weighted by Crippen LogP contribution is -2.41. The van der Waals surface area contributed by atoms with E-state index < -0.39 is 22.8 Å². The van der Waals surface area contributed by atoms with E-state index in [1.165, 1.54) is 10.8 Å². The average molecular weight is 297 g/mol. The standard InChI is InChI=1S/C13H19N3O5/c1-4-5-10(13(18)19)14-12(17)11-6-9(16(20)21)7-15(11)8(2)3/h6-8,10H,4-5H2,1-3H3,(H,14,17)(H,18,19). The molecule has 0 spiro atoms. The van der Waals surface area contributed by atoms with Crippen molar-refractivity contribution in [2.45, 2.75) is 45.7 Å². The lowest BCUT2D eigenvalue weighted by Gasteiger charge is -2.16. The molecule has 0 bridgehead atoms. The third kappa shape index (κ3) is 4.04. The van der Waals surface area contributed by atoms with Crippen molar-refractivity contribution >= 4 is 17.6 Å². The Labute approximate surface area is 121 Å². The van der Waals surface area contributed by atoms with Gasteiger partial charge in [-0.15, -0.1) is 0 Å². The predicted molar refractivity (Wildman–Crippen MR) is 75.3 cm³/mol. The Morgan fingerprint density at radius 3 is 2.52 bits per heavy atom. The summed E-state index contributed by atoms with van der Waals surface area (Å²) in [6.45, 7) is 5.37. The van der Waals surface area contributed by atoms with Crippen LogP contribution in [0.1, 0.15) is 50.1 Å². The molecule has 1 unspecified atom stereocenters. The lowest BCUT2D eigenvalue weighted by atomic mass is 10.1. The molecule has 0 aromatic carbocycles. The van der Waals surface area contributed by atoms with Gasteiger partial charge in [-0.25, -0.2) is 4.79 Å². The Hall–Kier alpha value is -2.38. The van der Waals surface area contributed by atoms with Crippen LogP contribution in [0.25, 0.3) is 0 Å². The predicted octanol–water partition coefficient (Wildman–Crippen LogP) is 1.96. The third-order valence-electron chi connectivity index (χ3n) is 3.01. The smallest absolute Gasteiger partial charge is 0.326 e. The molecule has 8 nitrogen and oxygen atoms in total. The van der Waals surface area contributed by atoms with Crippen LogP contribution in [0.4, 0.5) is 5.69 Å². The number of aliphatic carboxylic acids is 1. The fourth-order valence-corrected chi connectivity index (χ4v) is 1.95. The van der Waals surface area contributed by atoms with Crippen LogP contribution < -0.4 is 5.32 Å². The Kier molecular flexibility index (Phi) is 5.45. The zero-order chi connectivity index (χ0) is 16.2. The normalized spacial score (nSPS) is 12.2. The summed E-state index contributed by atoms with van der Waals surface area (Å²) in [4.78, 5) is 33.5. The molecule has 0 aliphatic carbocycles. The quantitative estimate of drug-likeness (QED) is 0.589. The largest absolute Gasteiger partial charge is 0.480 e. The van der Waals surface area contributed by atoms with Crippen molar-refractivity contribution < 1.29 is 19.6 Å². The molecule has 8 heteroatoms. The molecule has 0 saturated carbocycles. The first-order chi connectivity index (χ1) is 9.77. The fraction of sp³-hybridized carbons (Fsp3) is 0.538. The maximum atomic E-state index is 12.2. The minimum Gasteiger partial charge on any atom is -0.480 e. The topological polar surface area (TPSA) is 114 Å². The van der Waals surface area contributed by atoms with Gasteiger partial charge in [-0.05, 0) is 20.3 Å². The Balaban J connectivity index is 3.05. The number of carbonyl (C=O) groups is 2. The first-order valence-corrected chi connectivity index (χ1v) is 6.67. The van der Waals surface area contributed by atoms with Gasteiger partial charge in [0.05, 0.1) is 11.1 Å². The van der Waals surface area contributed by atoms with Gasteiger partial charge in [0.1, 0.15) is 11.7 Å². The Bertz CT molecular complexity index is 550. The first-order valence-electron chi connectivity index (χ1n) is 6.67. The molecule has 0 saturated heterocycles. The van der Waals surface area contributed by atoms with Gasteiger partial charge in [0.25, 0.3) is 11.6 Å². The Morgan fingerprint density at radius 1 is 1.48 bits per heavy atom. The highest BCUT2D eigenvalue weighted by atomic mass is 16.6. The number of carboxylic acids is 1. The number of hydrogen-bond donors (Lipinski definition) is 2. The van der Waals surface area contributed by atoms with Crippen molar-refractivity contribution in [2.24, 2.45) is 0 Å². The molecule has 1 atom stereocenters. The van der Waals surface area contributed by atoms with Crippen molar-refractivity contribution in [2.75, 3.05) is 0 Å². The van der Waals surface area contributed by atoms with E-state index in [2.05, 4.69) is 5.32 Å². The molecule has 21 heavy (non-hydrogen) atoms. The van der Waals surface area contributed by atoms with E-state index in [0.29, 0.717) is 12.8 Å². The van der Waals surface area contributed by atoms with Crippen molar-refractivity contribution in [3.05, 3.63) is 28.1 Å². The second-order valence-electron chi connectivity index (χ2n) is 4.99.